The predicted molar refractivity (Wildman–Crippen MR) is 73.6 cm³/mol. The van der Waals surface area contributed by atoms with Crippen LogP contribution in [0.5, 0.6) is 0 Å². The van der Waals surface area contributed by atoms with Crippen LogP contribution >= 0.6 is 15.9 Å². The van der Waals surface area contributed by atoms with Gasteiger partial charge in [-0.2, -0.15) is 0 Å². The van der Waals surface area contributed by atoms with Crippen molar-refractivity contribution < 1.29 is 13.9 Å². The molecule has 0 aliphatic carbocycles. The maximum Gasteiger partial charge on any atom is 0.143 e. The second-order valence-electron chi connectivity index (χ2n) is 4.17. The van der Waals surface area contributed by atoms with Crippen LogP contribution in [0, 0.1) is 11.6 Å². The number of aliphatic hydroxyl groups is 1. The predicted octanol–water partition coefficient (Wildman–Crippen LogP) is 3.59. The van der Waals surface area contributed by atoms with Gasteiger partial charge in [-0.1, -0.05) is 18.2 Å². The van der Waals surface area contributed by atoms with E-state index in [1.165, 1.54) is 6.07 Å². The molecule has 5 heteroatoms. The molecule has 2 aromatic carbocycles. The zero-order valence-electron chi connectivity index (χ0n) is 9.91. The lowest BCUT2D eigenvalue weighted by Gasteiger charge is -2.14. The number of hydrogen-bond acceptors (Lipinski definition) is 2. The van der Waals surface area contributed by atoms with Crippen LogP contribution in [0.1, 0.15) is 17.2 Å². The maximum absolute atomic E-state index is 13.8. The standard InChI is InChI=1S/C14H12BrF2NO/c15-10-5-6-11(16)9(14(10)17)7-13(19)8-3-1-2-4-12(8)18/h1-6,13,19H,7,18H2. The van der Waals surface area contributed by atoms with Crippen LogP contribution in [0.4, 0.5) is 14.5 Å². The summed E-state index contributed by atoms with van der Waals surface area (Å²) in [6.45, 7) is 0. The molecule has 0 amide bonds. The van der Waals surface area contributed by atoms with Gasteiger partial charge in [0.25, 0.3) is 0 Å². The number of hydrogen-bond donors (Lipinski definition) is 2. The Balaban J connectivity index is 2.32. The highest BCUT2D eigenvalue weighted by atomic mass is 79.9. The van der Waals surface area contributed by atoms with Crippen molar-refractivity contribution in [3.8, 4) is 0 Å². The van der Waals surface area contributed by atoms with E-state index < -0.39 is 17.7 Å². The Labute approximate surface area is 118 Å². The Kier molecular flexibility index (Phi) is 4.17. The SMILES string of the molecule is Nc1ccccc1C(O)Cc1c(F)ccc(Br)c1F. The van der Waals surface area contributed by atoms with Crippen LogP contribution in [-0.2, 0) is 6.42 Å². The summed E-state index contributed by atoms with van der Waals surface area (Å²) in [4.78, 5) is 0. The summed E-state index contributed by atoms with van der Waals surface area (Å²) in [5, 5.41) is 10.1. The number of halogens is 3. The Morgan fingerprint density at radius 2 is 1.84 bits per heavy atom. The van der Waals surface area contributed by atoms with Gasteiger partial charge in [0, 0.05) is 23.2 Å². The molecule has 0 saturated heterocycles. The molecule has 1 atom stereocenters. The Bertz CT molecular complexity index is 604. The van der Waals surface area contributed by atoms with E-state index in [4.69, 9.17) is 5.73 Å². The molecule has 2 nitrogen and oxygen atoms in total. The monoisotopic (exact) mass is 327 g/mol. The number of benzene rings is 2. The fourth-order valence-electron chi connectivity index (χ4n) is 1.87. The van der Waals surface area contributed by atoms with Gasteiger partial charge >= 0.3 is 0 Å². The number of aliphatic hydroxyl groups excluding tert-OH is 1. The number of nitrogen functional groups attached to an aromatic ring is 1. The van der Waals surface area contributed by atoms with Crippen molar-refractivity contribution >= 4 is 21.6 Å². The van der Waals surface area contributed by atoms with Crippen LogP contribution in [0.3, 0.4) is 0 Å². The summed E-state index contributed by atoms with van der Waals surface area (Å²) in [7, 11) is 0. The maximum atomic E-state index is 13.8. The lowest BCUT2D eigenvalue weighted by molar-refractivity contribution is 0.176. The first-order valence-corrected chi connectivity index (χ1v) is 6.45. The minimum atomic E-state index is -1.06. The zero-order valence-corrected chi connectivity index (χ0v) is 11.5. The molecule has 19 heavy (non-hydrogen) atoms. The third-order valence-electron chi connectivity index (χ3n) is 2.89. The summed E-state index contributed by atoms with van der Waals surface area (Å²) in [6.07, 6.45) is -1.23. The van der Waals surface area contributed by atoms with E-state index in [9.17, 15) is 13.9 Å². The number of nitrogens with two attached hydrogens (primary N) is 1. The molecular formula is C14H12BrF2NO. The fraction of sp³-hybridized carbons (Fsp3) is 0.143. The molecule has 1 unspecified atom stereocenters. The molecule has 0 saturated carbocycles. The van der Waals surface area contributed by atoms with Gasteiger partial charge in [0.1, 0.15) is 11.6 Å². The molecule has 0 aromatic heterocycles. The van der Waals surface area contributed by atoms with Crippen LogP contribution in [0.15, 0.2) is 40.9 Å². The Morgan fingerprint density at radius 3 is 2.53 bits per heavy atom. The van der Waals surface area contributed by atoms with E-state index in [0.717, 1.165) is 6.07 Å². The zero-order chi connectivity index (χ0) is 14.0. The summed E-state index contributed by atoms with van der Waals surface area (Å²) in [5.74, 6) is -1.39. The first kappa shape index (κ1) is 14.0. The molecule has 2 aromatic rings. The summed E-state index contributed by atoms with van der Waals surface area (Å²) in [6, 6.07) is 9.15. The van der Waals surface area contributed by atoms with Gasteiger partial charge in [-0.15, -0.1) is 0 Å². The molecular weight excluding hydrogens is 316 g/mol. The largest absolute Gasteiger partial charge is 0.398 e. The topological polar surface area (TPSA) is 46.2 Å². The molecule has 0 aliphatic heterocycles. The number of rotatable bonds is 3. The van der Waals surface area contributed by atoms with Crippen LogP contribution in [0.25, 0.3) is 0 Å². The van der Waals surface area contributed by atoms with E-state index in [0.29, 0.717) is 11.3 Å². The van der Waals surface area contributed by atoms with E-state index in [1.54, 1.807) is 24.3 Å². The Morgan fingerprint density at radius 1 is 1.16 bits per heavy atom. The third-order valence-corrected chi connectivity index (χ3v) is 3.50. The minimum Gasteiger partial charge on any atom is -0.398 e. The van der Waals surface area contributed by atoms with Gasteiger partial charge in [0.15, 0.2) is 0 Å². The number of anilines is 1. The van der Waals surface area contributed by atoms with Gasteiger partial charge in [-0.05, 0) is 34.1 Å². The van der Waals surface area contributed by atoms with Crippen LogP contribution in [0.2, 0.25) is 0 Å². The Hall–Kier alpha value is -1.46. The van der Waals surface area contributed by atoms with Gasteiger partial charge in [0.05, 0.1) is 10.6 Å². The quantitative estimate of drug-likeness (QED) is 0.668. The van der Waals surface area contributed by atoms with Crippen LogP contribution in [-0.4, -0.2) is 5.11 Å². The van der Waals surface area contributed by atoms with Crippen molar-refractivity contribution in [3.63, 3.8) is 0 Å². The molecule has 0 radical (unpaired) electrons. The lowest BCUT2D eigenvalue weighted by atomic mass is 9.99. The van der Waals surface area contributed by atoms with Crippen molar-refractivity contribution in [2.24, 2.45) is 0 Å². The van der Waals surface area contributed by atoms with Crippen molar-refractivity contribution in [1.82, 2.24) is 0 Å². The van der Waals surface area contributed by atoms with E-state index in [-0.39, 0.29) is 16.5 Å². The van der Waals surface area contributed by atoms with Crippen molar-refractivity contribution in [3.05, 3.63) is 63.6 Å². The first-order chi connectivity index (χ1) is 9.00. The molecule has 3 N–H and O–H groups in total. The fourth-order valence-corrected chi connectivity index (χ4v) is 2.25. The summed E-state index contributed by atoms with van der Waals surface area (Å²) in [5.41, 5.74) is 6.42. The van der Waals surface area contributed by atoms with Crippen molar-refractivity contribution in [1.29, 1.82) is 0 Å². The van der Waals surface area contributed by atoms with E-state index >= 15 is 0 Å². The third kappa shape index (κ3) is 2.93. The highest BCUT2D eigenvalue weighted by Gasteiger charge is 2.18. The van der Waals surface area contributed by atoms with Crippen LogP contribution < -0.4 is 5.73 Å². The highest BCUT2D eigenvalue weighted by Crippen LogP contribution is 2.28. The van der Waals surface area contributed by atoms with E-state index in [2.05, 4.69) is 15.9 Å². The van der Waals surface area contributed by atoms with Gasteiger partial charge in [-0.3, -0.25) is 0 Å². The second kappa shape index (κ2) is 5.67. The highest BCUT2D eigenvalue weighted by molar-refractivity contribution is 9.10. The molecule has 100 valence electrons. The first-order valence-electron chi connectivity index (χ1n) is 5.65. The average Bonchev–Trinajstić information content (AvgIpc) is 2.39. The second-order valence-corrected chi connectivity index (χ2v) is 5.02. The summed E-state index contributed by atoms with van der Waals surface area (Å²) < 4.78 is 27.6. The average molecular weight is 328 g/mol. The number of para-hydroxylation sites is 1. The molecule has 0 spiro atoms. The van der Waals surface area contributed by atoms with Gasteiger partial charge < -0.3 is 10.8 Å². The van der Waals surface area contributed by atoms with E-state index in [1.807, 2.05) is 0 Å². The summed E-state index contributed by atoms with van der Waals surface area (Å²) >= 11 is 2.99. The molecule has 0 bridgehead atoms. The van der Waals surface area contributed by atoms with Crippen molar-refractivity contribution in [2.45, 2.75) is 12.5 Å². The lowest BCUT2D eigenvalue weighted by Crippen LogP contribution is -2.08. The molecule has 0 heterocycles. The smallest absolute Gasteiger partial charge is 0.143 e. The normalized spacial score (nSPS) is 12.4. The molecule has 0 fully saturated rings. The van der Waals surface area contributed by atoms with Gasteiger partial charge in [-0.25, -0.2) is 8.78 Å². The minimum absolute atomic E-state index is 0.162. The molecule has 0 aliphatic rings. The van der Waals surface area contributed by atoms with Crippen molar-refractivity contribution in [2.75, 3.05) is 5.73 Å². The molecule has 2 rings (SSSR count). The van der Waals surface area contributed by atoms with Gasteiger partial charge in [0.2, 0.25) is 0 Å².